The van der Waals surface area contributed by atoms with Gasteiger partial charge in [0.15, 0.2) is 11.5 Å². The molecule has 2 amide bonds. The first-order chi connectivity index (χ1) is 21.7. The maximum absolute atomic E-state index is 13.0. The number of nitro benzene ring substituents is 1. The number of nitrogens with one attached hydrogen (secondary N) is 2. The highest BCUT2D eigenvalue weighted by Gasteiger charge is 2.17. The molecule has 230 valence electrons. The van der Waals surface area contributed by atoms with Crippen LogP contribution in [0.5, 0.6) is 17.2 Å². The van der Waals surface area contributed by atoms with Crippen LogP contribution >= 0.6 is 11.6 Å². The molecule has 0 saturated heterocycles. The number of halogens is 1. The zero-order valence-corrected chi connectivity index (χ0v) is 24.9. The molecule has 0 bridgehead atoms. The molecule has 0 fully saturated rings. The number of carbonyl (C=O) groups is 3. The number of esters is 1. The molecule has 0 heterocycles. The molecular weight excluding hydrogens is 604 g/mol. The van der Waals surface area contributed by atoms with E-state index in [0.29, 0.717) is 41.0 Å². The summed E-state index contributed by atoms with van der Waals surface area (Å²) in [6, 6.07) is 20.6. The van der Waals surface area contributed by atoms with Crippen LogP contribution in [0.2, 0.25) is 5.02 Å². The number of hydrogen-bond donors (Lipinski definition) is 2. The lowest BCUT2D eigenvalue weighted by Gasteiger charge is -2.12. The van der Waals surface area contributed by atoms with Crippen LogP contribution < -0.4 is 25.0 Å². The molecule has 0 aliphatic heterocycles. The van der Waals surface area contributed by atoms with E-state index in [4.69, 9.17) is 25.8 Å². The van der Waals surface area contributed by atoms with Gasteiger partial charge in [0.05, 0.1) is 29.9 Å². The van der Waals surface area contributed by atoms with E-state index in [9.17, 15) is 24.5 Å². The Morgan fingerprint density at radius 1 is 0.800 bits per heavy atom. The Bertz CT molecular complexity index is 1740. The molecule has 0 saturated carbocycles. The number of ether oxygens (including phenoxy) is 3. The van der Waals surface area contributed by atoms with E-state index < -0.39 is 16.8 Å². The van der Waals surface area contributed by atoms with E-state index in [1.807, 2.05) is 6.92 Å². The predicted octanol–water partition coefficient (Wildman–Crippen LogP) is 6.28. The molecule has 4 aromatic carbocycles. The summed E-state index contributed by atoms with van der Waals surface area (Å²) in [6.07, 6.45) is 1.12. The number of non-ortho nitro benzene ring substituents is 1. The summed E-state index contributed by atoms with van der Waals surface area (Å²) >= 11 is 5.86. The van der Waals surface area contributed by atoms with Crippen LogP contribution in [-0.4, -0.2) is 42.1 Å². The fourth-order valence-corrected chi connectivity index (χ4v) is 4.04. The summed E-state index contributed by atoms with van der Waals surface area (Å²) in [5, 5.41) is 18.5. The molecule has 0 radical (unpaired) electrons. The van der Waals surface area contributed by atoms with Gasteiger partial charge in [-0.3, -0.25) is 19.7 Å². The number of benzene rings is 4. The minimum Gasteiger partial charge on any atom is -0.490 e. The van der Waals surface area contributed by atoms with Gasteiger partial charge in [-0.2, -0.15) is 5.10 Å². The Labute approximate surface area is 262 Å². The maximum Gasteiger partial charge on any atom is 0.343 e. The third kappa shape index (κ3) is 8.65. The average Bonchev–Trinajstić information content (AvgIpc) is 3.03. The quantitative estimate of drug-likeness (QED) is 0.0608. The Morgan fingerprint density at radius 3 is 2.07 bits per heavy atom. The molecule has 0 spiro atoms. The fraction of sp³-hybridized carbons (Fsp3) is 0.125. The van der Waals surface area contributed by atoms with Crippen LogP contribution in [0.15, 0.2) is 90.0 Å². The Kier molecular flexibility index (Phi) is 10.8. The standard InChI is InChI=1S/C32H27ClN4O8/c1-3-43-28-15-9-22(18-29(28)44-4-2)32(40)45-27-16-14-26(37(41)42)17-23(27)19-34-36-31(39)21-7-12-25(13-8-21)35-30(38)20-5-10-24(33)11-6-20/h5-19H,3-4H2,1-2H3,(H,35,38)(H,36,39)/b34-19+. The molecule has 0 unspecified atom stereocenters. The predicted molar refractivity (Wildman–Crippen MR) is 168 cm³/mol. The Hall–Kier alpha value is -5.75. The van der Waals surface area contributed by atoms with Crippen LogP contribution in [0, 0.1) is 10.1 Å². The monoisotopic (exact) mass is 630 g/mol. The van der Waals surface area contributed by atoms with Crippen molar-refractivity contribution in [3.8, 4) is 17.2 Å². The van der Waals surface area contributed by atoms with Crippen molar-refractivity contribution in [1.29, 1.82) is 0 Å². The van der Waals surface area contributed by atoms with Crippen LogP contribution in [0.4, 0.5) is 11.4 Å². The van der Waals surface area contributed by atoms with Crippen LogP contribution in [-0.2, 0) is 0 Å². The van der Waals surface area contributed by atoms with Gasteiger partial charge in [-0.05, 0) is 86.6 Å². The zero-order valence-electron chi connectivity index (χ0n) is 24.1. The third-order valence-corrected chi connectivity index (χ3v) is 6.32. The first kappa shape index (κ1) is 32.2. The van der Waals surface area contributed by atoms with Gasteiger partial charge < -0.3 is 19.5 Å². The molecule has 0 aromatic heterocycles. The molecule has 0 aliphatic rings. The number of hydrogen-bond acceptors (Lipinski definition) is 9. The van der Waals surface area contributed by atoms with E-state index in [-0.39, 0.29) is 34.0 Å². The van der Waals surface area contributed by atoms with Gasteiger partial charge >= 0.3 is 5.97 Å². The summed E-state index contributed by atoms with van der Waals surface area (Å²) in [5.74, 6) is -0.903. The minimum atomic E-state index is -0.755. The average molecular weight is 631 g/mol. The molecule has 2 N–H and O–H groups in total. The fourth-order valence-electron chi connectivity index (χ4n) is 3.91. The summed E-state index contributed by atoms with van der Waals surface area (Å²) in [6.45, 7) is 4.36. The van der Waals surface area contributed by atoms with E-state index in [1.54, 1.807) is 49.4 Å². The van der Waals surface area contributed by atoms with Crippen molar-refractivity contribution in [2.24, 2.45) is 5.10 Å². The van der Waals surface area contributed by atoms with Gasteiger partial charge in [-0.15, -0.1) is 0 Å². The number of nitro groups is 1. The molecule has 0 aliphatic carbocycles. The number of anilines is 1. The van der Waals surface area contributed by atoms with Crippen molar-refractivity contribution in [3.05, 3.63) is 122 Å². The van der Waals surface area contributed by atoms with Crippen LogP contribution in [0.1, 0.15) is 50.5 Å². The second kappa shape index (κ2) is 15.1. The highest BCUT2D eigenvalue weighted by atomic mass is 35.5. The second-order valence-electron chi connectivity index (χ2n) is 9.13. The van der Waals surface area contributed by atoms with Gasteiger partial charge in [0.2, 0.25) is 0 Å². The van der Waals surface area contributed by atoms with E-state index in [1.165, 1.54) is 36.4 Å². The van der Waals surface area contributed by atoms with Crippen molar-refractivity contribution in [1.82, 2.24) is 5.43 Å². The van der Waals surface area contributed by atoms with E-state index >= 15 is 0 Å². The normalized spacial score (nSPS) is 10.6. The number of nitrogens with zero attached hydrogens (tertiary/aromatic N) is 2. The lowest BCUT2D eigenvalue weighted by atomic mass is 10.1. The van der Waals surface area contributed by atoms with Gasteiger partial charge in [0.1, 0.15) is 5.75 Å². The Morgan fingerprint density at radius 2 is 1.40 bits per heavy atom. The second-order valence-corrected chi connectivity index (χ2v) is 9.57. The maximum atomic E-state index is 13.0. The largest absolute Gasteiger partial charge is 0.490 e. The summed E-state index contributed by atoms with van der Waals surface area (Å²) in [5.41, 5.74) is 3.37. The van der Waals surface area contributed by atoms with Crippen LogP contribution in [0.3, 0.4) is 0 Å². The van der Waals surface area contributed by atoms with Crippen LogP contribution in [0.25, 0.3) is 0 Å². The zero-order chi connectivity index (χ0) is 32.3. The first-order valence-corrected chi connectivity index (χ1v) is 14.0. The smallest absolute Gasteiger partial charge is 0.343 e. The summed E-state index contributed by atoms with van der Waals surface area (Å²) < 4.78 is 16.6. The SMILES string of the molecule is CCOc1ccc(C(=O)Oc2ccc([N+](=O)[O-])cc2/C=N/NC(=O)c2ccc(NC(=O)c3ccc(Cl)cc3)cc2)cc1OCC. The molecule has 4 aromatic rings. The lowest BCUT2D eigenvalue weighted by Crippen LogP contribution is -2.18. The molecule has 12 nitrogen and oxygen atoms in total. The van der Waals surface area contributed by atoms with E-state index in [0.717, 1.165) is 12.3 Å². The third-order valence-electron chi connectivity index (χ3n) is 6.07. The van der Waals surface area contributed by atoms with Gasteiger partial charge in [0, 0.05) is 39.5 Å². The lowest BCUT2D eigenvalue weighted by molar-refractivity contribution is -0.384. The van der Waals surface area contributed by atoms with Gasteiger partial charge in [0.25, 0.3) is 17.5 Å². The van der Waals surface area contributed by atoms with Crippen molar-refractivity contribution in [2.75, 3.05) is 18.5 Å². The number of hydrazone groups is 1. The molecule has 0 atom stereocenters. The first-order valence-electron chi connectivity index (χ1n) is 13.6. The van der Waals surface area contributed by atoms with E-state index in [2.05, 4.69) is 15.8 Å². The van der Waals surface area contributed by atoms with Crippen molar-refractivity contribution >= 4 is 47.0 Å². The number of rotatable bonds is 12. The molecule has 4 rings (SSSR count). The summed E-state index contributed by atoms with van der Waals surface area (Å²) in [7, 11) is 0. The highest BCUT2D eigenvalue weighted by Crippen LogP contribution is 2.30. The minimum absolute atomic E-state index is 0.0313. The van der Waals surface area contributed by atoms with Crippen molar-refractivity contribution in [2.45, 2.75) is 13.8 Å². The number of carbonyl (C=O) groups excluding carboxylic acids is 3. The van der Waals surface area contributed by atoms with Crippen molar-refractivity contribution in [3.63, 3.8) is 0 Å². The van der Waals surface area contributed by atoms with Gasteiger partial charge in [-0.1, -0.05) is 11.6 Å². The number of amides is 2. The molecule has 45 heavy (non-hydrogen) atoms. The topological polar surface area (TPSA) is 158 Å². The van der Waals surface area contributed by atoms with Gasteiger partial charge in [-0.25, -0.2) is 10.2 Å². The highest BCUT2D eigenvalue weighted by molar-refractivity contribution is 6.30. The molecular formula is C32H27ClN4O8. The molecule has 13 heteroatoms. The Balaban J connectivity index is 1.45. The summed E-state index contributed by atoms with van der Waals surface area (Å²) in [4.78, 5) is 48.8. The van der Waals surface area contributed by atoms with Crippen molar-refractivity contribution < 1.29 is 33.5 Å².